The van der Waals surface area contributed by atoms with Crippen LogP contribution in [0.1, 0.15) is 33.1 Å². The summed E-state index contributed by atoms with van der Waals surface area (Å²) < 4.78 is 0. The molecule has 1 N–H and O–H groups in total. The summed E-state index contributed by atoms with van der Waals surface area (Å²) in [6, 6.07) is 0. The third-order valence-electron chi connectivity index (χ3n) is 2.31. The monoisotopic (exact) mass is 155 g/mol. The zero-order valence-corrected chi connectivity index (χ0v) is 7.39. The summed E-state index contributed by atoms with van der Waals surface area (Å²) in [5, 5.41) is 2.95. The van der Waals surface area contributed by atoms with Crippen molar-refractivity contribution in [1.82, 2.24) is 5.32 Å². The van der Waals surface area contributed by atoms with Crippen molar-refractivity contribution in [3.05, 3.63) is 0 Å². The van der Waals surface area contributed by atoms with Gasteiger partial charge < -0.3 is 5.32 Å². The van der Waals surface area contributed by atoms with Crippen molar-refractivity contribution >= 4 is 5.91 Å². The van der Waals surface area contributed by atoms with E-state index in [0.717, 1.165) is 12.5 Å². The molecule has 0 spiro atoms. The van der Waals surface area contributed by atoms with Gasteiger partial charge in [-0.1, -0.05) is 20.3 Å². The van der Waals surface area contributed by atoms with Gasteiger partial charge in [-0.15, -0.1) is 0 Å². The number of hydrogen-bond acceptors (Lipinski definition) is 1. The van der Waals surface area contributed by atoms with E-state index in [2.05, 4.69) is 5.32 Å². The minimum Gasteiger partial charge on any atom is -0.356 e. The Labute approximate surface area is 68.4 Å². The van der Waals surface area contributed by atoms with E-state index in [1.54, 1.807) is 0 Å². The molecule has 1 amide bonds. The first-order valence-corrected chi connectivity index (χ1v) is 4.48. The van der Waals surface area contributed by atoms with Gasteiger partial charge in [0.05, 0.1) is 0 Å². The highest BCUT2D eigenvalue weighted by atomic mass is 16.1. The van der Waals surface area contributed by atoms with Gasteiger partial charge in [-0.2, -0.15) is 0 Å². The lowest BCUT2D eigenvalue weighted by Gasteiger charge is -2.25. The molecule has 0 radical (unpaired) electrons. The van der Waals surface area contributed by atoms with Crippen molar-refractivity contribution in [3.63, 3.8) is 0 Å². The van der Waals surface area contributed by atoms with Crippen molar-refractivity contribution in [3.8, 4) is 0 Å². The van der Waals surface area contributed by atoms with Gasteiger partial charge in [0.1, 0.15) is 0 Å². The van der Waals surface area contributed by atoms with Crippen LogP contribution in [0.5, 0.6) is 0 Å². The number of nitrogens with one attached hydrogen (secondary N) is 1. The van der Waals surface area contributed by atoms with Crippen LogP contribution in [0.25, 0.3) is 0 Å². The molecule has 2 heteroatoms. The van der Waals surface area contributed by atoms with E-state index in [1.807, 2.05) is 13.8 Å². The van der Waals surface area contributed by atoms with Crippen molar-refractivity contribution in [1.29, 1.82) is 0 Å². The highest BCUT2D eigenvalue weighted by Crippen LogP contribution is 2.25. The molecule has 0 unspecified atom stereocenters. The summed E-state index contributed by atoms with van der Waals surface area (Å²) in [5.74, 6) is 1.10. The van der Waals surface area contributed by atoms with Crippen LogP contribution in [-0.4, -0.2) is 12.5 Å². The normalized spacial score (nSPS) is 18.1. The Balaban J connectivity index is 2.06. The van der Waals surface area contributed by atoms with Crippen molar-refractivity contribution < 1.29 is 4.79 Å². The van der Waals surface area contributed by atoms with E-state index in [-0.39, 0.29) is 11.8 Å². The summed E-state index contributed by atoms with van der Waals surface area (Å²) in [4.78, 5) is 11.1. The van der Waals surface area contributed by atoms with Crippen LogP contribution < -0.4 is 5.32 Å². The number of hydrogen-bond donors (Lipinski definition) is 1. The Morgan fingerprint density at radius 2 is 2.18 bits per heavy atom. The topological polar surface area (TPSA) is 29.1 Å². The molecule has 64 valence electrons. The molecule has 2 nitrogen and oxygen atoms in total. The second-order valence-corrected chi connectivity index (χ2v) is 3.70. The van der Waals surface area contributed by atoms with E-state index >= 15 is 0 Å². The Kier molecular flexibility index (Phi) is 2.92. The van der Waals surface area contributed by atoms with Crippen LogP contribution in [0.3, 0.4) is 0 Å². The molecule has 0 aromatic heterocycles. The Hall–Kier alpha value is -0.530. The molecule has 1 fully saturated rings. The molecular formula is C9H17NO. The lowest BCUT2D eigenvalue weighted by atomic mass is 9.85. The lowest BCUT2D eigenvalue weighted by Crippen LogP contribution is -2.34. The Morgan fingerprint density at radius 3 is 2.55 bits per heavy atom. The predicted molar refractivity (Wildman–Crippen MR) is 45.2 cm³/mol. The summed E-state index contributed by atoms with van der Waals surface area (Å²) in [6.45, 7) is 4.75. The average Bonchev–Trinajstić information content (AvgIpc) is 1.83. The maximum Gasteiger partial charge on any atom is 0.222 e. The fourth-order valence-corrected chi connectivity index (χ4v) is 1.15. The number of rotatable bonds is 3. The number of carbonyl (C=O) groups excluding carboxylic acids is 1. The van der Waals surface area contributed by atoms with E-state index in [4.69, 9.17) is 0 Å². The third-order valence-corrected chi connectivity index (χ3v) is 2.31. The van der Waals surface area contributed by atoms with Crippen LogP contribution >= 0.6 is 0 Å². The van der Waals surface area contributed by atoms with Crippen LogP contribution in [0.2, 0.25) is 0 Å². The van der Waals surface area contributed by atoms with Gasteiger partial charge in [-0.25, -0.2) is 0 Å². The molecular weight excluding hydrogens is 138 g/mol. The molecule has 0 heterocycles. The van der Waals surface area contributed by atoms with Gasteiger partial charge in [0.25, 0.3) is 0 Å². The van der Waals surface area contributed by atoms with Crippen molar-refractivity contribution in [2.75, 3.05) is 6.54 Å². The Bertz CT molecular complexity index is 138. The standard InChI is InChI=1S/C9H17NO/c1-7(2)9(11)10-6-8-4-3-5-8/h7-8H,3-6H2,1-2H3,(H,10,11). The second kappa shape index (κ2) is 3.74. The molecule has 0 aromatic carbocycles. The fourth-order valence-electron chi connectivity index (χ4n) is 1.15. The summed E-state index contributed by atoms with van der Waals surface area (Å²) in [6.07, 6.45) is 3.96. The molecule has 1 aliphatic rings. The van der Waals surface area contributed by atoms with Crippen molar-refractivity contribution in [2.24, 2.45) is 11.8 Å². The average molecular weight is 155 g/mol. The first-order valence-electron chi connectivity index (χ1n) is 4.48. The largest absolute Gasteiger partial charge is 0.356 e. The molecule has 11 heavy (non-hydrogen) atoms. The quantitative estimate of drug-likeness (QED) is 0.658. The van der Waals surface area contributed by atoms with Crippen LogP contribution in [-0.2, 0) is 4.79 Å². The molecule has 0 saturated heterocycles. The number of carbonyl (C=O) groups is 1. The highest BCUT2D eigenvalue weighted by Gasteiger charge is 2.18. The lowest BCUT2D eigenvalue weighted by molar-refractivity contribution is -0.124. The van der Waals surface area contributed by atoms with Crippen molar-refractivity contribution in [2.45, 2.75) is 33.1 Å². The van der Waals surface area contributed by atoms with Gasteiger partial charge in [0, 0.05) is 12.5 Å². The molecule has 1 aliphatic carbocycles. The van der Waals surface area contributed by atoms with Gasteiger partial charge in [-0.05, 0) is 18.8 Å². The molecule has 0 aliphatic heterocycles. The van der Waals surface area contributed by atoms with E-state index in [9.17, 15) is 4.79 Å². The van der Waals surface area contributed by atoms with E-state index in [0.29, 0.717) is 0 Å². The minimum absolute atomic E-state index is 0.134. The van der Waals surface area contributed by atoms with E-state index in [1.165, 1.54) is 19.3 Å². The maximum absolute atomic E-state index is 11.1. The minimum atomic E-state index is 0.134. The van der Waals surface area contributed by atoms with Crippen LogP contribution in [0.15, 0.2) is 0 Å². The van der Waals surface area contributed by atoms with Crippen LogP contribution in [0, 0.1) is 11.8 Å². The third kappa shape index (κ3) is 2.52. The molecule has 0 bridgehead atoms. The van der Waals surface area contributed by atoms with Gasteiger partial charge >= 0.3 is 0 Å². The van der Waals surface area contributed by atoms with Gasteiger partial charge in [0.15, 0.2) is 0 Å². The maximum atomic E-state index is 11.1. The molecule has 1 saturated carbocycles. The summed E-state index contributed by atoms with van der Waals surface area (Å²) >= 11 is 0. The van der Waals surface area contributed by atoms with Gasteiger partial charge in [-0.3, -0.25) is 4.79 Å². The smallest absolute Gasteiger partial charge is 0.222 e. The summed E-state index contributed by atoms with van der Waals surface area (Å²) in [7, 11) is 0. The molecule has 1 rings (SSSR count). The van der Waals surface area contributed by atoms with E-state index < -0.39 is 0 Å². The second-order valence-electron chi connectivity index (χ2n) is 3.70. The fraction of sp³-hybridized carbons (Fsp3) is 0.889. The molecule has 0 aromatic rings. The Morgan fingerprint density at radius 1 is 1.55 bits per heavy atom. The van der Waals surface area contributed by atoms with Crippen LogP contribution in [0.4, 0.5) is 0 Å². The summed E-state index contributed by atoms with van der Waals surface area (Å²) in [5.41, 5.74) is 0. The highest BCUT2D eigenvalue weighted by molar-refractivity contribution is 5.77. The zero-order valence-electron chi connectivity index (χ0n) is 7.39. The number of amides is 1. The first-order chi connectivity index (χ1) is 5.20. The predicted octanol–water partition coefficient (Wildman–Crippen LogP) is 1.56. The SMILES string of the molecule is CC(C)C(=O)NCC1CCC1. The van der Waals surface area contributed by atoms with Gasteiger partial charge in [0.2, 0.25) is 5.91 Å². The molecule has 0 atom stereocenters. The zero-order chi connectivity index (χ0) is 8.27. The first kappa shape index (κ1) is 8.57.